The van der Waals surface area contributed by atoms with Gasteiger partial charge in [0.25, 0.3) is 10.2 Å². The van der Waals surface area contributed by atoms with Crippen molar-refractivity contribution in [1.29, 1.82) is 0 Å². The minimum absolute atomic E-state index is 0.215. The van der Waals surface area contributed by atoms with E-state index in [1.807, 2.05) is 31.2 Å². The Bertz CT molecular complexity index is 1090. The van der Waals surface area contributed by atoms with Gasteiger partial charge in [0, 0.05) is 25.4 Å². The van der Waals surface area contributed by atoms with Crippen LogP contribution in [0.5, 0.6) is 0 Å². The molecule has 5 N–H and O–H groups in total. The Balaban J connectivity index is 1.62. The van der Waals surface area contributed by atoms with Gasteiger partial charge >= 0.3 is 0 Å². The maximum atomic E-state index is 13.4. The van der Waals surface area contributed by atoms with Crippen LogP contribution in [0.25, 0.3) is 0 Å². The lowest BCUT2D eigenvalue weighted by atomic mass is 9.84. The molecule has 1 aliphatic carbocycles. The van der Waals surface area contributed by atoms with E-state index in [9.17, 15) is 22.8 Å². The van der Waals surface area contributed by atoms with Gasteiger partial charge in [0.15, 0.2) is 0 Å². The molecular formula is C28H45N5O7S. The minimum atomic E-state index is -3.79. The fraction of sp³-hybridized carbons (Fsp3) is 0.679. The molecule has 1 aliphatic heterocycles. The molecule has 230 valence electrons. The zero-order chi connectivity index (χ0) is 29.7. The zero-order valence-corrected chi connectivity index (χ0v) is 24.7. The highest BCUT2D eigenvalue weighted by atomic mass is 32.2. The van der Waals surface area contributed by atoms with Gasteiger partial charge in [-0.05, 0) is 44.1 Å². The van der Waals surface area contributed by atoms with E-state index in [2.05, 4.69) is 15.4 Å². The fourth-order valence-corrected chi connectivity index (χ4v) is 6.46. The lowest BCUT2D eigenvalue weighted by Gasteiger charge is -2.28. The molecule has 1 heterocycles. The molecule has 2 atom stereocenters. The summed E-state index contributed by atoms with van der Waals surface area (Å²) in [5.41, 5.74) is 3.88. The summed E-state index contributed by atoms with van der Waals surface area (Å²) in [7, 11) is -3.79. The molecule has 3 rings (SSSR count). The van der Waals surface area contributed by atoms with Crippen molar-refractivity contribution in [3.8, 4) is 0 Å². The Morgan fingerprint density at radius 2 is 1.73 bits per heavy atom. The lowest BCUT2D eigenvalue weighted by Crippen LogP contribution is -2.53. The molecule has 0 aromatic heterocycles. The molecule has 2 fully saturated rings. The molecule has 2 aliphatic rings. The van der Waals surface area contributed by atoms with E-state index in [1.54, 1.807) is 5.48 Å². The molecule has 1 aromatic carbocycles. The summed E-state index contributed by atoms with van der Waals surface area (Å²) >= 11 is 0. The Labute approximate surface area is 243 Å². The van der Waals surface area contributed by atoms with E-state index in [1.165, 1.54) is 4.31 Å². The highest BCUT2D eigenvalue weighted by Gasteiger charge is 2.30. The van der Waals surface area contributed by atoms with Crippen molar-refractivity contribution in [3.63, 3.8) is 0 Å². The van der Waals surface area contributed by atoms with Gasteiger partial charge in [-0.25, -0.2) is 5.48 Å². The number of hydrogen-bond donors (Lipinski definition) is 5. The largest absolute Gasteiger partial charge is 0.379 e. The smallest absolute Gasteiger partial charge is 0.281 e. The van der Waals surface area contributed by atoms with Crippen LogP contribution in [0.2, 0.25) is 0 Å². The van der Waals surface area contributed by atoms with E-state index in [0.29, 0.717) is 32.5 Å². The molecule has 1 saturated heterocycles. The minimum Gasteiger partial charge on any atom is -0.379 e. The van der Waals surface area contributed by atoms with Gasteiger partial charge < -0.3 is 15.4 Å². The van der Waals surface area contributed by atoms with Crippen molar-refractivity contribution in [3.05, 3.63) is 35.4 Å². The topological polar surface area (TPSA) is 166 Å². The Morgan fingerprint density at radius 1 is 1.05 bits per heavy atom. The molecule has 41 heavy (non-hydrogen) atoms. The van der Waals surface area contributed by atoms with Crippen molar-refractivity contribution in [2.45, 2.75) is 77.2 Å². The van der Waals surface area contributed by atoms with E-state index in [4.69, 9.17) is 9.94 Å². The summed E-state index contributed by atoms with van der Waals surface area (Å²) < 4.78 is 34.0. The first kappa shape index (κ1) is 32.9. The van der Waals surface area contributed by atoms with Crippen LogP contribution < -0.4 is 20.8 Å². The molecule has 0 unspecified atom stereocenters. The number of carbonyl (C=O) groups is 3. The van der Waals surface area contributed by atoms with Crippen LogP contribution in [0.15, 0.2) is 24.3 Å². The van der Waals surface area contributed by atoms with Gasteiger partial charge in [-0.3, -0.25) is 19.6 Å². The normalized spacial score (nSPS) is 18.3. The summed E-state index contributed by atoms with van der Waals surface area (Å²) in [5.74, 6) is -2.09. The highest BCUT2D eigenvalue weighted by molar-refractivity contribution is 7.87. The lowest BCUT2D eigenvalue weighted by molar-refractivity contribution is -0.136. The average Bonchev–Trinajstić information content (AvgIpc) is 2.98. The SMILES string of the molecule is Cc1ccc(CCC[C@H](CC(=O)NO)C(=O)N[C@@H](CC2CCCCC2)C(=O)NCNS(=O)(=O)N2CCOCC2)cc1. The van der Waals surface area contributed by atoms with Gasteiger partial charge in [0.05, 0.1) is 19.9 Å². The van der Waals surface area contributed by atoms with Crippen LogP contribution in [-0.2, 0) is 35.8 Å². The van der Waals surface area contributed by atoms with Crippen LogP contribution >= 0.6 is 0 Å². The Morgan fingerprint density at radius 3 is 2.39 bits per heavy atom. The predicted molar refractivity (Wildman–Crippen MR) is 153 cm³/mol. The van der Waals surface area contributed by atoms with E-state index >= 15 is 0 Å². The second kappa shape index (κ2) is 16.8. The molecule has 0 bridgehead atoms. The van der Waals surface area contributed by atoms with E-state index in [-0.39, 0.29) is 32.1 Å². The number of aryl methyl sites for hydroxylation is 2. The number of hydrogen-bond acceptors (Lipinski definition) is 7. The fourth-order valence-electron chi connectivity index (χ4n) is 5.40. The van der Waals surface area contributed by atoms with Crippen molar-refractivity contribution >= 4 is 27.9 Å². The van der Waals surface area contributed by atoms with Gasteiger partial charge in [0.1, 0.15) is 6.04 Å². The van der Waals surface area contributed by atoms with Gasteiger partial charge in [-0.15, -0.1) is 0 Å². The van der Waals surface area contributed by atoms with Crippen LogP contribution in [-0.4, -0.2) is 74.7 Å². The highest BCUT2D eigenvalue weighted by Crippen LogP contribution is 2.27. The van der Waals surface area contributed by atoms with Gasteiger partial charge in [0.2, 0.25) is 17.7 Å². The number of ether oxygens (including phenoxy) is 1. The molecule has 12 nitrogen and oxygen atoms in total. The molecule has 3 amide bonds. The second-order valence-corrected chi connectivity index (χ2v) is 12.7. The maximum Gasteiger partial charge on any atom is 0.281 e. The van der Waals surface area contributed by atoms with Gasteiger partial charge in [-0.2, -0.15) is 17.4 Å². The number of morpholine rings is 1. The summed E-state index contributed by atoms with van der Waals surface area (Å²) in [6.45, 7) is 2.78. The van der Waals surface area contributed by atoms with Crippen molar-refractivity contribution in [1.82, 2.24) is 25.1 Å². The summed E-state index contributed by atoms with van der Waals surface area (Å²) in [6.07, 6.45) is 7.14. The van der Waals surface area contributed by atoms with Crippen LogP contribution in [0.4, 0.5) is 0 Å². The number of carbonyl (C=O) groups excluding carboxylic acids is 3. The monoisotopic (exact) mass is 595 g/mol. The third-order valence-corrected chi connectivity index (χ3v) is 9.37. The summed E-state index contributed by atoms with van der Waals surface area (Å²) in [6, 6.07) is 7.23. The number of hydroxylamine groups is 1. The third kappa shape index (κ3) is 11.3. The molecular weight excluding hydrogens is 550 g/mol. The standard InChI is InChI=1S/C28H45N5O7S/c1-21-10-12-22(13-11-21)8-5-9-24(19-26(34)32-37)27(35)31-25(18-23-6-3-2-4-7-23)28(36)29-20-30-41(38,39)33-14-16-40-17-15-33/h10-13,23-25,30,37H,2-9,14-20H2,1H3,(H,29,36)(H,31,35)(H,32,34)/t24-,25+/m1/s1. The first-order valence-electron chi connectivity index (χ1n) is 14.6. The number of nitrogens with zero attached hydrogens (tertiary/aromatic N) is 1. The molecule has 13 heteroatoms. The summed E-state index contributed by atoms with van der Waals surface area (Å²) in [5, 5.41) is 14.5. The number of rotatable bonds is 15. The quantitative estimate of drug-likeness (QED) is 0.116. The van der Waals surface area contributed by atoms with Gasteiger partial charge in [-0.1, -0.05) is 61.9 Å². The molecule has 1 aromatic rings. The molecule has 0 radical (unpaired) electrons. The molecule has 0 spiro atoms. The molecule has 1 saturated carbocycles. The number of amides is 3. The van der Waals surface area contributed by atoms with Crippen molar-refractivity contribution in [2.24, 2.45) is 11.8 Å². The Hall–Kier alpha value is -2.58. The maximum absolute atomic E-state index is 13.4. The average molecular weight is 596 g/mol. The van der Waals surface area contributed by atoms with E-state index < -0.39 is 39.9 Å². The summed E-state index contributed by atoms with van der Waals surface area (Å²) in [4.78, 5) is 38.6. The van der Waals surface area contributed by atoms with Crippen LogP contribution in [0, 0.1) is 18.8 Å². The first-order valence-corrected chi connectivity index (χ1v) is 16.0. The second-order valence-electron chi connectivity index (χ2n) is 11.0. The first-order chi connectivity index (χ1) is 19.7. The predicted octanol–water partition coefficient (Wildman–Crippen LogP) is 1.52. The number of nitrogens with one attached hydrogen (secondary N) is 4. The van der Waals surface area contributed by atoms with Crippen LogP contribution in [0.1, 0.15) is 68.9 Å². The zero-order valence-electron chi connectivity index (χ0n) is 23.9. The van der Waals surface area contributed by atoms with Crippen LogP contribution in [0.3, 0.4) is 0 Å². The van der Waals surface area contributed by atoms with E-state index in [0.717, 1.165) is 49.7 Å². The Kier molecular flexibility index (Phi) is 13.5. The van der Waals surface area contributed by atoms with Crippen molar-refractivity contribution in [2.75, 3.05) is 33.0 Å². The van der Waals surface area contributed by atoms with Crippen molar-refractivity contribution < 1.29 is 32.7 Å². The number of benzene rings is 1. The third-order valence-electron chi connectivity index (χ3n) is 7.82.